The molecule has 8 heteroatoms. The molecule has 2 aliphatic heterocycles. The van der Waals surface area contributed by atoms with E-state index in [9.17, 15) is 4.79 Å². The Labute approximate surface area is 150 Å². The number of hydrogen-bond donors (Lipinski definition) is 0. The van der Waals surface area contributed by atoms with E-state index in [0.717, 1.165) is 35.8 Å². The number of aryl methyl sites for hydroxylation is 1. The van der Waals surface area contributed by atoms with Crippen LogP contribution in [0.4, 0.5) is 0 Å². The highest BCUT2D eigenvalue weighted by Crippen LogP contribution is 2.32. The van der Waals surface area contributed by atoms with Crippen molar-refractivity contribution in [1.82, 2.24) is 20.1 Å². The summed E-state index contributed by atoms with van der Waals surface area (Å²) in [5.74, 6) is 1.47. The Morgan fingerprint density at radius 2 is 1.96 bits per heavy atom. The van der Waals surface area contributed by atoms with Crippen LogP contribution in [0.15, 0.2) is 28.9 Å². The quantitative estimate of drug-likeness (QED) is 0.767. The Morgan fingerprint density at radius 1 is 1.15 bits per heavy atom. The van der Waals surface area contributed by atoms with Crippen LogP contribution in [-0.4, -0.2) is 59.0 Å². The van der Waals surface area contributed by atoms with E-state index in [1.807, 2.05) is 30.0 Å². The second kappa shape index (κ2) is 7.17. The molecule has 0 N–H and O–H groups in total. The number of rotatable bonds is 4. The number of carbonyl (C=O) groups excluding carboxylic acids is 1. The molecule has 2 aliphatic rings. The van der Waals surface area contributed by atoms with E-state index in [1.54, 1.807) is 12.2 Å². The van der Waals surface area contributed by atoms with Crippen molar-refractivity contribution in [2.24, 2.45) is 0 Å². The standard InChI is InChI=1S/C18H20N4O4/c1-13-15(20-26-19-13)11-21-6-8-22(9-7-21)18(23)5-3-14-2-4-16-17(10-14)25-12-24-16/h2-5,10H,6-9,11-12H2,1H3/b5-3+. The first-order valence-corrected chi connectivity index (χ1v) is 8.56. The topological polar surface area (TPSA) is 80.9 Å². The van der Waals surface area contributed by atoms with E-state index in [1.165, 1.54) is 0 Å². The molecule has 0 atom stereocenters. The smallest absolute Gasteiger partial charge is 0.246 e. The summed E-state index contributed by atoms with van der Waals surface area (Å²) >= 11 is 0. The molecule has 1 saturated heterocycles. The van der Waals surface area contributed by atoms with Gasteiger partial charge in [0.25, 0.3) is 0 Å². The van der Waals surface area contributed by atoms with Gasteiger partial charge in [0.2, 0.25) is 12.7 Å². The molecule has 0 spiro atoms. The Balaban J connectivity index is 1.30. The number of amides is 1. The highest BCUT2D eigenvalue weighted by molar-refractivity contribution is 5.92. The highest BCUT2D eigenvalue weighted by Gasteiger charge is 2.21. The maximum Gasteiger partial charge on any atom is 0.246 e. The summed E-state index contributed by atoms with van der Waals surface area (Å²) in [4.78, 5) is 16.5. The van der Waals surface area contributed by atoms with Gasteiger partial charge in [0.1, 0.15) is 11.4 Å². The van der Waals surface area contributed by atoms with Crippen molar-refractivity contribution in [2.75, 3.05) is 33.0 Å². The summed E-state index contributed by atoms with van der Waals surface area (Å²) in [7, 11) is 0. The molecule has 0 unspecified atom stereocenters. The van der Waals surface area contributed by atoms with E-state index in [-0.39, 0.29) is 12.7 Å². The third kappa shape index (κ3) is 3.55. The van der Waals surface area contributed by atoms with Gasteiger partial charge in [0.05, 0.1) is 0 Å². The number of nitrogens with zero attached hydrogens (tertiary/aromatic N) is 4. The van der Waals surface area contributed by atoms with Crippen LogP contribution in [0.1, 0.15) is 17.0 Å². The van der Waals surface area contributed by atoms with E-state index in [0.29, 0.717) is 25.4 Å². The molecule has 1 fully saturated rings. The molecule has 0 radical (unpaired) electrons. The van der Waals surface area contributed by atoms with Crippen molar-refractivity contribution < 1.29 is 18.9 Å². The van der Waals surface area contributed by atoms with Crippen LogP contribution >= 0.6 is 0 Å². The molecular formula is C18H20N4O4. The second-order valence-electron chi connectivity index (χ2n) is 6.34. The fraction of sp³-hybridized carbons (Fsp3) is 0.389. The zero-order valence-corrected chi connectivity index (χ0v) is 14.6. The zero-order valence-electron chi connectivity index (χ0n) is 14.6. The van der Waals surface area contributed by atoms with Crippen molar-refractivity contribution in [1.29, 1.82) is 0 Å². The minimum atomic E-state index is 0.0154. The second-order valence-corrected chi connectivity index (χ2v) is 6.34. The third-order valence-corrected chi connectivity index (χ3v) is 4.62. The lowest BCUT2D eigenvalue weighted by Gasteiger charge is -2.33. The van der Waals surface area contributed by atoms with Gasteiger partial charge in [-0.05, 0) is 30.7 Å². The Bertz CT molecular complexity index is 824. The first kappa shape index (κ1) is 16.6. The summed E-state index contributed by atoms with van der Waals surface area (Å²) in [6.45, 7) is 5.81. The van der Waals surface area contributed by atoms with Gasteiger partial charge in [-0.25, -0.2) is 4.63 Å². The van der Waals surface area contributed by atoms with Crippen molar-refractivity contribution in [3.05, 3.63) is 41.2 Å². The van der Waals surface area contributed by atoms with E-state index in [2.05, 4.69) is 15.2 Å². The number of carbonyl (C=O) groups is 1. The number of benzene rings is 1. The molecule has 4 rings (SSSR count). The maximum atomic E-state index is 12.4. The van der Waals surface area contributed by atoms with Crippen LogP contribution < -0.4 is 9.47 Å². The van der Waals surface area contributed by atoms with Gasteiger partial charge < -0.3 is 14.4 Å². The average Bonchev–Trinajstić information content (AvgIpc) is 3.29. The first-order valence-electron chi connectivity index (χ1n) is 8.56. The van der Waals surface area contributed by atoms with Crippen molar-refractivity contribution in [3.8, 4) is 11.5 Å². The first-order chi connectivity index (χ1) is 12.7. The fourth-order valence-corrected chi connectivity index (χ4v) is 3.02. The minimum absolute atomic E-state index is 0.0154. The van der Waals surface area contributed by atoms with Crippen LogP contribution in [0, 0.1) is 6.92 Å². The van der Waals surface area contributed by atoms with Gasteiger partial charge in [0.15, 0.2) is 11.5 Å². The summed E-state index contributed by atoms with van der Waals surface area (Å²) in [6, 6.07) is 5.63. The molecular weight excluding hydrogens is 336 g/mol. The van der Waals surface area contributed by atoms with Crippen LogP contribution in [0.3, 0.4) is 0 Å². The lowest BCUT2D eigenvalue weighted by atomic mass is 10.2. The predicted molar refractivity (Wildman–Crippen MR) is 92.5 cm³/mol. The Kier molecular flexibility index (Phi) is 4.57. The van der Waals surface area contributed by atoms with E-state index in [4.69, 9.17) is 14.1 Å². The van der Waals surface area contributed by atoms with Crippen molar-refractivity contribution in [2.45, 2.75) is 13.5 Å². The lowest BCUT2D eigenvalue weighted by Crippen LogP contribution is -2.47. The SMILES string of the molecule is Cc1nonc1CN1CCN(C(=O)/C=C/c2ccc3c(c2)OCO3)CC1. The molecule has 3 heterocycles. The summed E-state index contributed by atoms with van der Waals surface area (Å²) in [5.41, 5.74) is 2.58. The largest absolute Gasteiger partial charge is 0.454 e. The van der Waals surface area contributed by atoms with Crippen LogP contribution in [0.5, 0.6) is 11.5 Å². The number of fused-ring (bicyclic) bond motifs is 1. The van der Waals surface area contributed by atoms with Crippen LogP contribution in [0.2, 0.25) is 0 Å². The van der Waals surface area contributed by atoms with Gasteiger partial charge in [-0.1, -0.05) is 16.4 Å². The summed E-state index contributed by atoms with van der Waals surface area (Å²) in [6.07, 6.45) is 3.42. The molecule has 0 saturated carbocycles. The third-order valence-electron chi connectivity index (χ3n) is 4.62. The minimum Gasteiger partial charge on any atom is -0.454 e. The van der Waals surface area contributed by atoms with Crippen molar-refractivity contribution >= 4 is 12.0 Å². The molecule has 26 heavy (non-hydrogen) atoms. The van der Waals surface area contributed by atoms with Gasteiger partial charge in [0, 0.05) is 38.8 Å². The molecule has 0 aliphatic carbocycles. The van der Waals surface area contributed by atoms with Crippen LogP contribution in [0.25, 0.3) is 6.08 Å². The number of aromatic nitrogens is 2. The zero-order chi connectivity index (χ0) is 17.9. The van der Waals surface area contributed by atoms with Gasteiger partial charge >= 0.3 is 0 Å². The van der Waals surface area contributed by atoms with E-state index < -0.39 is 0 Å². The number of ether oxygens (including phenoxy) is 2. The fourth-order valence-electron chi connectivity index (χ4n) is 3.02. The van der Waals surface area contributed by atoms with E-state index >= 15 is 0 Å². The van der Waals surface area contributed by atoms with Crippen molar-refractivity contribution in [3.63, 3.8) is 0 Å². The monoisotopic (exact) mass is 356 g/mol. The molecule has 0 bridgehead atoms. The van der Waals surface area contributed by atoms with Gasteiger partial charge in [-0.15, -0.1) is 0 Å². The molecule has 8 nitrogen and oxygen atoms in total. The lowest BCUT2D eigenvalue weighted by molar-refractivity contribution is -0.127. The van der Waals surface area contributed by atoms with Gasteiger partial charge in [-0.3, -0.25) is 9.69 Å². The molecule has 2 aromatic rings. The average molecular weight is 356 g/mol. The molecule has 1 aromatic carbocycles. The summed E-state index contributed by atoms with van der Waals surface area (Å²) in [5, 5.41) is 7.71. The van der Waals surface area contributed by atoms with Gasteiger partial charge in [-0.2, -0.15) is 0 Å². The van der Waals surface area contributed by atoms with Crippen LogP contribution in [-0.2, 0) is 11.3 Å². The number of piperazine rings is 1. The number of hydrogen-bond acceptors (Lipinski definition) is 7. The predicted octanol–water partition coefficient (Wildman–Crippen LogP) is 1.46. The highest BCUT2D eigenvalue weighted by atomic mass is 16.7. The summed E-state index contributed by atoms with van der Waals surface area (Å²) < 4.78 is 15.4. The molecule has 1 amide bonds. The molecule has 136 valence electrons. The normalized spacial score (nSPS) is 17.2. The maximum absolute atomic E-state index is 12.4. The molecule has 1 aromatic heterocycles. The Hall–Kier alpha value is -2.87. The Morgan fingerprint density at radius 3 is 2.73 bits per heavy atom.